The number of aromatic nitrogens is 5. The zero-order valence-corrected chi connectivity index (χ0v) is 16.6. The molecule has 1 aliphatic heterocycles. The van der Waals surface area contributed by atoms with Crippen molar-refractivity contribution < 1.29 is 18.0 Å². The van der Waals surface area contributed by atoms with Gasteiger partial charge in [0.2, 0.25) is 0 Å². The van der Waals surface area contributed by atoms with Gasteiger partial charge >= 0.3 is 6.18 Å². The van der Waals surface area contributed by atoms with Gasteiger partial charge in [-0.3, -0.25) is 4.79 Å². The lowest BCUT2D eigenvalue weighted by Crippen LogP contribution is -2.52. The van der Waals surface area contributed by atoms with Crippen LogP contribution in [0.4, 0.5) is 19.0 Å². The molecule has 3 aromatic rings. The van der Waals surface area contributed by atoms with Crippen molar-refractivity contribution in [2.45, 2.75) is 38.0 Å². The third kappa shape index (κ3) is 4.35. The predicted molar refractivity (Wildman–Crippen MR) is 106 cm³/mol. The highest BCUT2D eigenvalue weighted by Crippen LogP contribution is 2.28. The van der Waals surface area contributed by atoms with Gasteiger partial charge in [0.05, 0.1) is 36.0 Å². The SMILES string of the molecule is C[C@@H]1[C@H](Nc2cnc(C(F)(F)F)cn2)CCCN1C(=O)c1ccccc1-n1nccn1. The number of benzene rings is 1. The second kappa shape index (κ2) is 8.32. The molecule has 11 heteroatoms. The molecule has 162 valence electrons. The summed E-state index contributed by atoms with van der Waals surface area (Å²) in [6.45, 7) is 2.47. The van der Waals surface area contributed by atoms with E-state index in [4.69, 9.17) is 0 Å². The maximum absolute atomic E-state index is 13.4. The maximum Gasteiger partial charge on any atom is 0.434 e. The Hall–Kier alpha value is -3.50. The van der Waals surface area contributed by atoms with Crippen LogP contribution in [0.3, 0.4) is 0 Å². The van der Waals surface area contributed by atoms with Gasteiger partial charge in [-0.2, -0.15) is 28.2 Å². The van der Waals surface area contributed by atoms with Crippen molar-refractivity contribution in [3.63, 3.8) is 0 Å². The van der Waals surface area contributed by atoms with E-state index in [9.17, 15) is 18.0 Å². The monoisotopic (exact) mass is 431 g/mol. The highest BCUT2D eigenvalue weighted by atomic mass is 19.4. The van der Waals surface area contributed by atoms with E-state index in [2.05, 4.69) is 25.5 Å². The van der Waals surface area contributed by atoms with E-state index in [1.54, 1.807) is 23.1 Å². The molecule has 1 N–H and O–H groups in total. The number of piperidine rings is 1. The Labute approximate surface area is 176 Å². The van der Waals surface area contributed by atoms with Crippen LogP contribution in [0.5, 0.6) is 0 Å². The maximum atomic E-state index is 13.4. The van der Waals surface area contributed by atoms with Crippen LogP contribution >= 0.6 is 0 Å². The molecule has 0 unspecified atom stereocenters. The summed E-state index contributed by atoms with van der Waals surface area (Å²) >= 11 is 0. The number of hydrogen-bond acceptors (Lipinski definition) is 6. The van der Waals surface area contributed by atoms with Gasteiger partial charge in [-0.15, -0.1) is 0 Å². The summed E-state index contributed by atoms with van der Waals surface area (Å²) in [5.74, 6) is 0.0747. The van der Waals surface area contributed by atoms with Crippen LogP contribution in [0, 0.1) is 0 Å². The molecule has 0 radical (unpaired) electrons. The quantitative estimate of drug-likeness (QED) is 0.683. The predicted octanol–water partition coefficient (Wildman–Crippen LogP) is 3.18. The summed E-state index contributed by atoms with van der Waals surface area (Å²) in [6, 6.07) is 6.69. The third-order valence-electron chi connectivity index (χ3n) is 5.29. The van der Waals surface area contributed by atoms with Gasteiger partial charge in [0.1, 0.15) is 5.82 Å². The molecule has 1 aliphatic rings. The summed E-state index contributed by atoms with van der Waals surface area (Å²) in [4.78, 5) is 23.8. The van der Waals surface area contributed by atoms with Crippen LogP contribution < -0.4 is 5.32 Å². The van der Waals surface area contributed by atoms with Crippen LogP contribution in [-0.2, 0) is 6.18 Å². The zero-order valence-electron chi connectivity index (χ0n) is 16.6. The number of carbonyl (C=O) groups excluding carboxylic acids is 1. The fraction of sp³-hybridized carbons (Fsp3) is 0.350. The van der Waals surface area contributed by atoms with Gasteiger partial charge in [0, 0.05) is 18.6 Å². The number of carbonyl (C=O) groups is 1. The van der Waals surface area contributed by atoms with Gasteiger partial charge in [-0.1, -0.05) is 12.1 Å². The summed E-state index contributed by atoms with van der Waals surface area (Å²) in [5.41, 5.74) is 0.00398. The molecule has 4 rings (SSSR count). The normalized spacial score (nSPS) is 19.3. The van der Waals surface area contributed by atoms with Crippen molar-refractivity contribution in [2.75, 3.05) is 11.9 Å². The first-order valence-electron chi connectivity index (χ1n) is 9.77. The first-order chi connectivity index (χ1) is 14.8. The van der Waals surface area contributed by atoms with Gasteiger partial charge < -0.3 is 10.2 Å². The van der Waals surface area contributed by atoms with Crippen LogP contribution in [0.25, 0.3) is 5.69 Å². The number of hydrogen-bond donors (Lipinski definition) is 1. The van der Waals surface area contributed by atoms with Crippen LogP contribution in [0.2, 0.25) is 0 Å². The Bertz CT molecular complexity index is 1040. The topological polar surface area (TPSA) is 88.8 Å². The lowest BCUT2D eigenvalue weighted by atomic mass is 9.96. The minimum Gasteiger partial charge on any atom is -0.364 e. The molecule has 1 aromatic carbocycles. The molecule has 1 amide bonds. The van der Waals surface area contributed by atoms with E-state index in [1.165, 1.54) is 17.2 Å². The number of nitrogens with one attached hydrogen (secondary N) is 1. The fourth-order valence-corrected chi connectivity index (χ4v) is 3.69. The van der Waals surface area contributed by atoms with E-state index in [1.807, 2.05) is 13.0 Å². The van der Waals surface area contributed by atoms with Crippen molar-refractivity contribution in [1.82, 2.24) is 29.9 Å². The third-order valence-corrected chi connectivity index (χ3v) is 5.29. The van der Waals surface area contributed by atoms with Crippen molar-refractivity contribution >= 4 is 11.7 Å². The van der Waals surface area contributed by atoms with E-state index in [-0.39, 0.29) is 23.8 Å². The number of nitrogens with zero attached hydrogens (tertiary/aromatic N) is 6. The Morgan fingerprint density at radius 1 is 1.13 bits per heavy atom. The van der Waals surface area contributed by atoms with Crippen molar-refractivity contribution in [3.05, 3.63) is 60.3 Å². The lowest BCUT2D eigenvalue weighted by Gasteiger charge is -2.40. The van der Waals surface area contributed by atoms with Crippen molar-refractivity contribution in [3.8, 4) is 5.69 Å². The van der Waals surface area contributed by atoms with Crippen LogP contribution in [0.15, 0.2) is 49.1 Å². The van der Waals surface area contributed by atoms with Gasteiger partial charge in [-0.05, 0) is 31.9 Å². The molecule has 1 saturated heterocycles. The highest BCUT2D eigenvalue weighted by Gasteiger charge is 2.34. The Morgan fingerprint density at radius 3 is 2.55 bits per heavy atom. The molecule has 2 aromatic heterocycles. The number of anilines is 1. The molecular weight excluding hydrogens is 411 g/mol. The number of likely N-dealkylation sites (tertiary alicyclic amines) is 1. The number of alkyl halides is 3. The van der Waals surface area contributed by atoms with E-state index >= 15 is 0 Å². The van der Waals surface area contributed by atoms with Gasteiger partial charge in [0.25, 0.3) is 5.91 Å². The second-order valence-electron chi connectivity index (χ2n) is 7.25. The van der Waals surface area contributed by atoms with Crippen LogP contribution in [-0.4, -0.2) is 54.4 Å². The smallest absolute Gasteiger partial charge is 0.364 e. The zero-order chi connectivity index (χ0) is 22.0. The Kier molecular flexibility index (Phi) is 5.57. The average Bonchev–Trinajstić information content (AvgIpc) is 3.29. The van der Waals surface area contributed by atoms with Gasteiger partial charge in [-0.25, -0.2) is 9.97 Å². The summed E-state index contributed by atoms with van der Waals surface area (Å²) in [7, 11) is 0. The lowest BCUT2D eigenvalue weighted by molar-refractivity contribution is -0.141. The molecule has 2 atom stereocenters. The van der Waals surface area contributed by atoms with E-state index < -0.39 is 11.9 Å². The highest BCUT2D eigenvalue weighted by molar-refractivity contribution is 5.98. The number of halogens is 3. The number of para-hydroxylation sites is 1. The molecule has 0 bridgehead atoms. The average molecular weight is 431 g/mol. The summed E-state index contributed by atoms with van der Waals surface area (Å²) < 4.78 is 38.1. The molecule has 0 aliphatic carbocycles. The largest absolute Gasteiger partial charge is 0.434 e. The second-order valence-corrected chi connectivity index (χ2v) is 7.25. The minimum absolute atomic E-state index is 0.162. The number of amides is 1. The first-order valence-corrected chi connectivity index (χ1v) is 9.77. The van der Waals surface area contributed by atoms with Gasteiger partial charge in [0.15, 0.2) is 5.69 Å². The molecule has 8 nitrogen and oxygen atoms in total. The molecule has 0 saturated carbocycles. The molecule has 3 heterocycles. The first kappa shape index (κ1) is 20.8. The Balaban J connectivity index is 1.52. The molecule has 1 fully saturated rings. The van der Waals surface area contributed by atoms with E-state index in [0.717, 1.165) is 19.0 Å². The standard InChI is InChI=1S/C20H20F3N7O/c1-13-15(28-18-12-24-17(11-25-18)20(21,22)23)6-4-10-29(13)19(31)14-5-2-3-7-16(14)30-26-8-9-27-30/h2-3,5,7-9,11-13,15H,4,6,10H2,1H3,(H,25,28)/t13-,15-/m1/s1. The van der Waals surface area contributed by atoms with E-state index in [0.29, 0.717) is 24.0 Å². The molecular formula is C20H20F3N7O. The summed E-state index contributed by atoms with van der Waals surface area (Å²) in [6.07, 6.45) is 1.79. The molecule has 0 spiro atoms. The van der Waals surface area contributed by atoms with Crippen LogP contribution in [0.1, 0.15) is 35.8 Å². The van der Waals surface area contributed by atoms with Crippen molar-refractivity contribution in [2.24, 2.45) is 0 Å². The Morgan fingerprint density at radius 2 is 1.87 bits per heavy atom. The minimum atomic E-state index is -4.54. The van der Waals surface area contributed by atoms with Crippen molar-refractivity contribution in [1.29, 1.82) is 0 Å². The summed E-state index contributed by atoms with van der Waals surface area (Å²) in [5, 5.41) is 11.4. The molecule has 31 heavy (non-hydrogen) atoms. The number of rotatable bonds is 4. The fourth-order valence-electron chi connectivity index (χ4n) is 3.69.